The van der Waals surface area contributed by atoms with E-state index in [4.69, 9.17) is 18.8 Å². The Balaban J connectivity index is 1.13. The molecule has 0 bridgehead atoms. The van der Waals surface area contributed by atoms with E-state index < -0.39 is 0 Å². The molecule has 0 saturated carbocycles. The molecule has 10 aromatic rings. The zero-order valence-corrected chi connectivity index (χ0v) is 30.3. The van der Waals surface area contributed by atoms with Gasteiger partial charge in [0.25, 0.3) is 0 Å². The summed E-state index contributed by atoms with van der Waals surface area (Å²) >= 11 is 0. The Morgan fingerprint density at radius 1 is 0.446 bits per heavy atom. The number of rotatable bonds is 7. The van der Waals surface area contributed by atoms with E-state index in [0.717, 1.165) is 93.9 Å². The molecule has 0 aliphatic rings. The van der Waals surface area contributed by atoms with E-state index in [0.29, 0.717) is 11.5 Å². The van der Waals surface area contributed by atoms with Gasteiger partial charge in [-0.25, -0.2) is 9.98 Å². The number of benzene rings is 7. The van der Waals surface area contributed by atoms with Gasteiger partial charge in [-0.2, -0.15) is 0 Å². The van der Waals surface area contributed by atoms with Crippen molar-refractivity contribution in [3.05, 3.63) is 206 Å². The number of pyridine rings is 1. The summed E-state index contributed by atoms with van der Waals surface area (Å²) in [5.74, 6) is 0.555. The molecule has 0 radical (unpaired) electrons. The summed E-state index contributed by atoms with van der Waals surface area (Å²) in [5.41, 5.74) is 13.1. The monoisotopic (exact) mass is 719 g/mol. The number of furan rings is 2. The molecule has 0 aliphatic heterocycles. The minimum absolute atomic E-state index is 0.555. The molecule has 0 amide bonds. The summed E-state index contributed by atoms with van der Waals surface area (Å²) in [6.45, 7) is 4.56. The maximum Gasteiger partial charge on any atom is 0.159 e. The summed E-state index contributed by atoms with van der Waals surface area (Å²) in [6, 6.07) is 58.0. The van der Waals surface area contributed by atoms with Crippen LogP contribution in [0.1, 0.15) is 16.7 Å². The van der Waals surface area contributed by atoms with Crippen LogP contribution in [0.25, 0.3) is 83.0 Å². The largest absolute Gasteiger partial charge is 0.456 e. The van der Waals surface area contributed by atoms with Crippen molar-refractivity contribution in [3.8, 4) is 33.4 Å². The zero-order chi connectivity index (χ0) is 37.4. The lowest BCUT2D eigenvalue weighted by molar-refractivity contribution is 0.668. The number of hydrogen-bond acceptors (Lipinski definition) is 4. The lowest BCUT2D eigenvalue weighted by Gasteiger charge is -2.12. The van der Waals surface area contributed by atoms with Gasteiger partial charge in [-0.15, -0.1) is 0 Å². The molecule has 0 saturated heterocycles. The van der Waals surface area contributed by atoms with Gasteiger partial charge in [-0.3, -0.25) is 4.98 Å². The van der Waals surface area contributed by atoms with Crippen molar-refractivity contribution in [1.82, 2.24) is 4.98 Å². The number of nitrogens with zero attached hydrogens (tertiary/aromatic N) is 3. The molecule has 0 atom stereocenters. The molecule has 5 heteroatoms. The number of amidine groups is 1. The van der Waals surface area contributed by atoms with Crippen LogP contribution in [0.5, 0.6) is 0 Å². The van der Waals surface area contributed by atoms with E-state index in [9.17, 15) is 0 Å². The zero-order valence-electron chi connectivity index (χ0n) is 30.3. The minimum Gasteiger partial charge on any atom is -0.456 e. The second-order valence-corrected chi connectivity index (χ2v) is 13.8. The first-order valence-corrected chi connectivity index (χ1v) is 18.5. The van der Waals surface area contributed by atoms with Crippen LogP contribution in [-0.2, 0) is 0 Å². The summed E-state index contributed by atoms with van der Waals surface area (Å²) < 4.78 is 12.4. The van der Waals surface area contributed by atoms with Crippen molar-refractivity contribution in [2.45, 2.75) is 0 Å². The van der Waals surface area contributed by atoms with Crippen LogP contribution >= 0.6 is 0 Å². The van der Waals surface area contributed by atoms with Gasteiger partial charge in [0, 0.05) is 51.3 Å². The maximum atomic E-state index is 6.19. The molecule has 56 heavy (non-hydrogen) atoms. The van der Waals surface area contributed by atoms with E-state index in [1.165, 1.54) is 0 Å². The molecule has 264 valence electrons. The molecule has 5 nitrogen and oxygen atoms in total. The Bertz CT molecular complexity index is 3020. The van der Waals surface area contributed by atoms with Gasteiger partial charge in [0.15, 0.2) is 5.84 Å². The standard InChI is InChI=1S/C51H33N3O2/c1-33(54-51(53-32-34-10-3-2-4-11-34)39-13-9-12-36(26-39)35-22-24-52-25-23-35)40-27-41(37-18-20-49-45(30-37)43-14-5-7-16-47(43)55-49)29-42(28-40)38-19-21-50-46(31-38)44-15-6-8-17-48(44)56-50/h2-32H,1H2/b53-32+,54-51-. The SMILES string of the molecule is C=C(/N=C(\N=C\c1ccccc1)c1cccc(-c2ccncc2)c1)c1cc(-c2ccc3oc4ccccc4c3c2)cc(-c2ccc3oc4ccccc4c3c2)c1. The first-order valence-electron chi connectivity index (χ1n) is 18.5. The number of aliphatic imine (C=N–C) groups is 2. The predicted octanol–water partition coefficient (Wildman–Crippen LogP) is 13.4. The van der Waals surface area contributed by atoms with Crippen LogP contribution in [-0.4, -0.2) is 17.0 Å². The quantitative estimate of drug-likeness (QED) is 0.122. The maximum absolute atomic E-state index is 6.19. The van der Waals surface area contributed by atoms with Crippen molar-refractivity contribution in [1.29, 1.82) is 0 Å². The van der Waals surface area contributed by atoms with Crippen molar-refractivity contribution in [2.75, 3.05) is 0 Å². The molecule has 10 rings (SSSR count). The molecule has 0 N–H and O–H groups in total. The van der Waals surface area contributed by atoms with Crippen molar-refractivity contribution in [3.63, 3.8) is 0 Å². The highest BCUT2D eigenvalue weighted by Crippen LogP contribution is 2.38. The molecule has 0 spiro atoms. The van der Waals surface area contributed by atoms with Gasteiger partial charge < -0.3 is 8.83 Å². The molecular weight excluding hydrogens is 687 g/mol. The highest BCUT2D eigenvalue weighted by molar-refractivity contribution is 6.09. The molecule has 0 aliphatic carbocycles. The van der Waals surface area contributed by atoms with Gasteiger partial charge in [0.2, 0.25) is 0 Å². The van der Waals surface area contributed by atoms with Crippen LogP contribution in [0, 0.1) is 0 Å². The molecule has 0 unspecified atom stereocenters. The fourth-order valence-electron chi connectivity index (χ4n) is 7.36. The van der Waals surface area contributed by atoms with Gasteiger partial charge in [-0.1, -0.05) is 104 Å². The summed E-state index contributed by atoms with van der Waals surface area (Å²) in [6.07, 6.45) is 5.45. The second-order valence-electron chi connectivity index (χ2n) is 13.8. The topological polar surface area (TPSA) is 63.9 Å². The summed E-state index contributed by atoms with van der Waals surface area (Å²) in [4.78, 5) is 14.4. The fraction of sp³-hybridized carbons (Fsp3) is 0. The normalized spacial score (nSPS) is 12.0. The first kappa shape index (κ1) is 33.0. The van der Waals surface area contributed by atoms with E-state index in [2.05, 4.69) is 90.4 Å². The van der Waals surface area contributed by atoms with Crippen LogP contribution in [0.3, 0.4) is 0 Å². The summed E-state index contributed by atoms with van der Waals surface area (Å²) in [5, 5.41) is 4.31. The van der Waals surface area contributed by atoms with E-state index in [1.54, 1.807) is 12.4 Å². The first-order chi connectivity index (χ1) is 27.6. The Morgan fingerprint density at radius 2 is 1.00 bits per heavy atom. The van der Waals surface area contributed by atoms with E-state index >= 15 is 0 Å². The number of hydrogen-bond donors (Lipinski definition) is 0. The number of fused-ring (bicyclic) bond motifs is 6. The molecule has 0 fully saturated rings. The highest BCUT2D eigenvalue weighted by atomic mass is 16.3. The van der Waals surface area contributed by atoms with Crippen LogP contribution < -0.4 is 0 Å². The van der Waals surface area contributed by atoms with Crippen molar-refractivity contribution >= 4 is 61.6 Å². The molecule has 7 aromatic carbocycles. The molecule has 3 aromatic heterocycles. The molecular formula is C51H33N3O2. The van der Waals surface area contributed by atoms with Crippen LogP contribution in [0.15, 0.2) is 208 Å². The fourth-order valence-corrected chi connectivity index (χ4v) is 7.36. The van der Waals surface area contributed by atoms with Gasteiger partial charge in [-0.05, 0) is 112 Å². The second kappa shape index (κ2) is 14.0. The van der Waals surface area contributed by atoms with Crippen molar-refractivity contribution in [2.24, 2.45) is 9.98 Å². The third-order valence-electron chi connectivity index (χ3n) is 10.2. The van der Waals surface area contributed by atoms with Crippen LogP contribution in [0.2, 0.25) is 0 Å². The molecule has 3 heterocycles. The smallest absolute Gasteiger partial charge is 0.159 e. The van der Waals surface area contributed by atoms with Crippen LogP contribution in [0.4, 0.5) is 0 Å². The minimum atomic E-state index is 0.555. The Morgan fingerprint density at radius 3 is 1.64 bits per heavy atom. The Kier molecular flexibility index (Phi) is 8.23. The summed E-state index contributed by atoms with van der Waals surface area (Å²) in [7, 11) is 0. The van der Waals surface area contributed by atoms with Gasteiger partial charge >= 0.3 is 0 Å². The third-order valence-corrected chi connectivity index (χ3v) is 10.2. The Hall–Kier alpha value is -7.63. The lowest BCUT2D eigenvalue weighted by Crippen LogP contribution is -2.00. The number of para-hydroxylation sites is 2. The predicted molar refractivity (Wildman–Crippen MR) is 231 cm³/mol. The highest BCUT2D eigenvalue weighted by Gasteiger charge is 2.15. The third kappa shape index (κ3) is 6.27. The Labute approximate surface area is 323 Å². The van der Waals surface area contributed by atoms with Crippen molar-refractivity contribution < 1.29 is 8.83 Å². The lowest BCUT2D eigenvalue weighted by atomic mass is 9.94. The average Bonchev–Trinajstić information content (AvgIpc) is 3.83. The number of aromatic nitrogens is 1. The van der Waals surface area contributed by atoms with E-state index in [-0.39, 0.29) is 0 Å². The van der Waals surface area contributed by atoms with E-state index in [1.807, 2.05) is 97.2 Å². The van der Waals surface area contributed by atoms with Gasteiger partial charge in [0.1, 0.15) is 22.3 Å². The average molecular weight is 720 g/mol. The van der Waals surface area contributed by atoms with Gasteiger partial charge in [0.05, 0.1) is 5.70 Å².